The van der Waals surface area contributed by atoms with E-state index < -0.39 is 0 Å². The van der Waals surface area contributed by atoms with Crippen LogP contribution in [0.3, 0.4) is 0 Å². The third-order valence-corrected chi connectivity index (χ3v) is 2.95. The van der Waals surface area contributed by atoms with Gasteiger partial charge in [-0.3, -0.25) is 0 Å². The molecule has 0 amide bonds. The van der Waals surface area contributed by atoms with Crippen LogP contribution in [0.4, 0.5) is 0 Å². The highest BCUT2D eigenvalue weighted by Gasteiger charge is 2.01. The molecule has 1 rings (SSSR count). The van der Waals surface area contributed by atoms with Crippen LogP contribution >= 0.6 is 58.4 Å². The summed E-state index contributed by atoms with van der Waals surface area (Å²) >= 11 is 17.7. The number of benzene rings is 1. The van der Waals surface area contributed by atoms with Crippen molar-refractivity contribution >= 4 is 58.4 Å². The molecule has 0 spiro atoms. The Labute approximate surface area is 88.5 Å². The number of thiol groups is 1. The second kappa shape index (κ2) is 3.52. The Balaban J connectivity index is 3.31. The Morgan fingerprint density at radius 2 is 1.60 bits per heavy atom. The van der Waals surface area contributed by atoms with Gasteiger partial charge >= 0.3 is 0 Å². The first kappa shape index (κ1) is 8.97. The Kier molecular flexibility index (Phi) is 3.16. The molecular formula is C6H3Cl2IS. The quantitative estimate of drug-likeness (QED) is 0.546. The highest BCUT2D eigenvalue weighted by atomic mass is 127. The first-order valence-electron chi connectivity index (χ1n) is 2.45. The summed E-state index contributed by atoms with van der Waals surface area (Å²) in [5, 5.41) is 1.19. The third-order valence-electron chi connectivity index (χ3n) is 0.982. The molecule has 0 radical (unpaired) electrons. The summed E-state index contributed by atoms with van der Waals surface area (Å²) in [5.74, 6) is 0. The maximum atomic E-state index is 5.75. The van der Waals surface area contributed by atoms with Crippen molar-refractivity contribution in [2.24, 2.45) is 0 Å². The Hall–Kier alpha value is 0.880. The van der Waals surface area contributed by atoms with Crippen LogP contribution in [0.5, 0.6) is 0 Å². The van der Waals surface area contributed by atoms with Gasteiger partial charge in [-0.2, -0.15) is 0 Å². The fourth-order valence-corrected chi connectivity index (χ4v) is 2.14. The minimum atomic E-state index is 0.597. The van der Waals surface area contributed by atoms with Crippen LogP contribution < -0.4 is 0 Å². The normalized spacial score (nSPS) is 10.0. The van der Waals surface area contributed by atoms with Crippen molar-refractivity contribution in [3.05, 3.63) is 25.7 Å². The van der Waals surface area contributed by atoms with Crippen molar-refractivity contribution in [1.82, 2.24) is 0 Å². The molecule has 1 aromatic rings. The van der Waals surface area contributed by atoms with E-state index in [-0.39, 0.29) is 0 Å². The van der Waals surface area contributed by atoms with E-state index in [4.69, 9.17) is 23.2 Å². The van der Waals surface area contributed by atoms with Crippen molar-refractivity contribution in [1.29, 1.82) is 0 Å². The van der Waals surface area contributed by atoms with Gasteiger partial charge in [-0.05, 0) is 34.7 Å². The Morgan fingerprint density at radius 3 is 2.00 bits per heavy atom. The van der Waals surface area contributed by atoms with Gasteiger partial charge in [0, 0.05) is 8.47 Å². The molecule has 0 N–H and O–H groups in total. The van der Waals surface area contributed by atoms with Gasteiger partial charge in [0.15, 0.2) is 0 Å². The highest BCUT2D eigenvalue weighted by Crippen LogP contribution is 2.29. The van der Waals surface area contributed by atoms with E-state index >= 15 is 0 Å². The lowest BCUT2D eigenvalue weighted by molar-refractivity contribution is 1.45. The largest absolute Gasteiger partial charge is 0.140 e. The van der Waals surface area contributed by atoms with E-state index in [2.05, 4.69) is 35.2 Å². The molecule has 0 nitrogen and oxygen atoms in total. The first-order valence-corrected chi connectivity index (χ1v) is 4.73. The molecule has 0 saturated heterocycles. The van der Waals surface area contributed by atoms with E-state index in [0.717, 1.165) is 3.57 Å². The maximum absolute atomic E-state index is 5.75. The Morgan fingerprint density at radius 1 is 1.20 bits per heavy atom. The second-order valence-electron chi connectivity index (χ2n) is 1.72. The highest BCUT2D eigenvalue weighted by molar-refractivity contribution is 14.1. The summed E-state index contributed by atoms with van der Waals surface area (Å²) in [6.45, 7) is 0. The monoisotopic (exact) mass is 304 g/mol. The fourth-order valence-electron chi connectivity index (χ4n) is 0.535. The number of hydrogen-bond donors (Lipinski definition) is 1. The molecule has 54 valence electrons. The summed E-state index contributed by atoms with van der Waals surface area (Å²) in [6, 6.07) is 3.63. The summed E-state index contributed by atoms with van der Waals surface area (Å²) in [5.41, 5.74) is 0. The van der Waals surface area contributed by atoms with Gasteiger partial charge < -0.3 is 0 Å². The van der Waals surface area contributed by atoms with E-state index in [1.165, 1.54) is 0 Å². The smallest absolute Gasteiger partial charge is 0.0564 e. The molecule has 0 aliphatic heterocycles. The van der Waals surface area contributed by atoms with E-state index in [9.17, 15) is 0 Å². The maximum Gasteiger partial charge on any atom is 0.0564 e. The number of rotatable bonds is 0. The van der Waals surface area contributed by atoms with Crippen molar-refractivity contribution in [2.75, 3.05) is 0 Å². The predicted molar refractivity (Wildman–Crippen MR) is 56.4 cm³/mol. The van der Waals surface area contributed by atoms with Crippen LogP contribution in [0, 0.1) is 3.57 Å². The molecule has 0 saturated carbocycles. The SMILES string of the molecule is Sc1c(Cl)cc(I)cc1Cl. The molecule has 0 fully saturated rings. The standard InChI is InChI=1S/C6H3Cl2IS/c7-4-1-3(9)2-5(8)6(4)10/h1-2,10H. The lowest BCUT2D eigenvalue weighted by Crippen LogP contribution is -1.75. The van der Waals surface area contributed by atoms with Crippen LogP contribution in [0.1, 0.15) is 0 Å². The molecule has 0 aliphatic rings. The molecule has 0 aromatic heterocycles. The van der Waals surface area contributed by atoms with Crippen LogP contribution in [-0.2, 0) is 0 Å². The Bertz CT molecular complexity index is 239. The van der Waals surface area contributed by atoms with Gasteiger partial charge in [0.05, 0.1) is 10.0 Å². The van der Waals surface area contributed by atoms with Gasteiger partial charge in [-0.1, -0.05) is 23.2 Å². The minimum absolute atomic E-state index is 0.597. The van der Waals surface area contributed by atoms with Gasteiger partial charge in [0.25, 0.3) is 0 Å². The molecule has 1 aromatic carbocycles. The molecular weight excluding hydrogens is 302 g/mol. The van der Waals surface area contributed by atoms with Crippen molar-refractivity contribution in [2.45, 2.75) is 4.90 Å². The van der Waals surface area contributed by atoms with Crippen LogP contribution in [0.2, 0.25) is 10.0 Å². The number of halogens is 3. The average molecular weight is 305 g/mol. The summed E-state index contributed by atoms with van der Waals surface area (Å²) < 4.78 is 1.02. The van der Waals surface area contributed by atoms with Gasteiger partial charge in [0.1, 0.15) is 0 Å². The third kappa shape index (κ3) is 1.94. The molecule has 10 heavy (non-hydrogen) atoms. The molecule has 0 bridgehead atoms. The van der Waals surface area contributed by atoms with E-state index in [1.54, 1.807) is 0 Å². The zero-order valence-corrected chi connectivity index (χ0v) is 9.30. The summed E-state index contributed by atoms with van der Waals surface area (Å²) in [6.07, 6.45) is 0. The number of hydrogen-bond acceptors (Lipinski definition) is 1. The van der Waals surface area contributed by atoms with Crippen molar-refractivity contribution in [3.63, 3.8) is 0 Å². The van der Waals surface area contributed by atoms with Crippen molar-refractivity contribution in [3.8, 4) is 0 Å². The van der Waals surface area contributed by atoms with E-state index in [0.29, 0.717) is 14.9 Å². The topological polar surface area (TPSA) is 0 Å². The summed E-state index contributed by atoms with van der Waals surface area (Å²) in [4.78, 5) is 0.642. The zero-order valence-electron chi connectivity index (χ0n) is 4.74. The molecule has 4 heteroatoms. The lowest BCUT2D eigenvalue weighted by atomic mass is 10.4. The van der Waals surface area contributed by atoms with Gasteiger partial charge in [-0.15, -0.1) is 12.6 Å². The van der Waals surface area contributed by atoms with Crippen LogP contribution in [-0.4, -0.2) is 0 Å². The molecule has 0 heterocycles. The first-order chi connectivity index (χ1) is 4.61. The average Bonchev–Trinajstić information content (AvgIpc) is 1.82. The minimum Gasteiger partial charge on any atom is -0.140 e. The molecule has 0 unspecified atom stereocenters. The second-order valence-corrected chi connectivity index (χ2v) is 4.23. The van der Waals surface area contributed by atoms with Gasteiger partial charge in [0.2, 0.25) is 0 Å². The van der Waals surface area contributed by atoms with Crippen LogP contribution in [0.15, 0.2) is 17.0 Å². The molecule has 0 atom stereocenters. The molecule has 0 aliphatic carbocycles. The lowest BCUT2D eigenvalue weighted by Gasteiger charge is -1.99. The van der Waals surface area contributed by atoms with Gasteiger partial charge in [-0.25, -0.2) is 0 Å². The fraction of sp³-hybridized carbons (Fsp3) is 0. The van der Waals surface area contributed by atoms with E-state index in [1.807, 2.05) is 12.1 Å². The van der Waals surface area contributed by atoms with Crippen LogP contribution in [0.25, 0.3) is 0 Å². The summed E-state index contributed by atoms with van der Waals surface area (Å²) in [7, 11) is 0. The van der Waals surface area contributed by atoms with Crippen molar-refractivity contribution < 1.29 is 0 Å². The zero-order chi connectivity index (χ0) is 7.72. The predicted octanol–water partition coefficient (Wildman–Crippen LogP) is 3.89.